The van der Waals surface area contributed by atoms with E-state index in [1.54, 1.807) is 38.1 Å². The molecule has 4 nitrogen and oxygen atoms in total. The molecule has 1 atom stereocenters. The van der Waals surface area contributed by atoms with Gasteiger partial charge >= 0.3 is 5.97 Å². The quantitative estimate of drug-likeness (QED) is 0.710. The lowest BCUT2D eigenvalue weighted by molar-refractivity contribution is -0.150. The Kier molecular flexibility index (Phi) is 6.29. The van der Waals surface area contributed by atoms with Crippen molar-refractivity contribution in [1.82, 2.24) is 0 Å². The molecule has 0 aliphatic heterocycles. The molecule has 0 saturated carbocycles. The first-order chi connectivity index (χ1) is 11.1. The molecule has 0 spiro atoms. The summed E-state index contributed by atoms with van der Waals surface area (Å²) in [5.41, 5.74) is 0.996. The first kappa shape index (κ1) is 17.2. The lowest BCUT2D eigenvalue weighted by Gasteiger charge is -2.13. The third-order valence-corrected chi connectivity index (χ3v) is 3.33. The molecule has 2 rings (SSSR count). The summed E-state index contributed by atoms with van der Waals surface area (Å²) < 4.78 is 16.1. The van der Waals surface area contributed by atoms with Crippen molar-refractivity contribution in [3.63, 3.8) is 0 Å². The van der Waals surface area contributed by atoms with Crippen LogP contribution in [-0.4, -0.2) is 18.7 Å². The van der Waals surface area contributed by atoms with E-state index in [-0.39, 0.29) is 5.97 Å². The number of benzene rings is 2. The Hall–Kier alpha value is -2.20. The van der Waals surface area contributed by atoms with Gasteiger partial charge in [0, 0.05) is 5.02 Å². The summed E-state index contributed by atoms with van der Waals surface area (Å²) in [5, 5.41) is 0.676. The van der Waals surface area contributed by atoms with Crippen molar-refractivity contribution in [3.05, 3.63) is 59.1 Å². The Morgan fingerprint density at radius 3 is 2.26 bits per heavy atom. The largest absolute Gasteiger partial charge is 0.489 e. The summed E-state index contributed by atoms with van der Waals surface area (Å²) in [6.07, 6.45) is -0.633. The molecular weight excluding hydrogens is 316 g/mol. The van der Waals surface area contributed by atoms with Crippen molar-refractivity contribution in [2.24, 2.45) is 0 Å². The molecule has 5 heteroatoms. The van der Waals surface area contributed by atoms with Crippen molar-refractivity contribution in [2.45, 2.75) is 26.6 Å². The molecule has 1 unspecified atom stereocenters. The molecule has 0 aromatic heterocycles. The highest BCUT2D eigenvalue weighted by Gasteiger charge is 2.15. The van der Waals surface area contributed by atoms with Crippen LogP contribution >= 0.6 is 11.6 Å². The minimum Gasteiger partial charge on any atom is -0.489 e. The maximum Gasteiger partial charge on any atom is 0.347 e. The smallest absolute Gasteiger partial charge is 0.347 e. The SMILES string of the molecule is CCOC(=O)C(C)Oc1ccc(COc2ccc(Cl)cc2)cc1. The summed E-state index contributed by atoms with van der Waals surface area (Å²) in [5.74, 6) is 0.995. The molecule has 0 aliphatic rings. The zero-order valence-corrected chi connectivity index (χ0v) is 13.9. The van der Waals surface area contributed by atoms with Gasteiger partial charge in [0.1, 0.15) is 18.1 Å². The summed E-state index contributed by atoms with van der Waals surface area (Å²) in [6.45, 7) is 4.21. The number of carbonyl (C=O) groups excluding carboxylic acids is 1. The van der Waals surface area contributed by atoms with Crippen LogP contribution < -0.4 is 9.47 Å². The number of hydrogen-bond donors (Lipinski definition) is 0. The number of carbonyl (C=O) groups is 1. The van der Waals surface area contributed by atoms with E-state index in [2.05, 4.69) is 0 Å². The van der Waals surface area contributed by atoms with Gasteiger partial charge in [-0.15, -0.1) is 0 Å². The van der Waals surface area contributed by atoms with E-state index in [0.717, 1.165) is 11.3 Å². The lowest BCUT2D eigenvalue weighted by Crippen LogP contribution is -2.26. The zero-order valence-electron chi connectivity index (χ0n) is 13.1. The van der Waals surface area contributed by atoms with Gasteiger partial charge < -0.3 is 14.2 Å². The van der Waals surface area contributed by atoms with E-state index < -0.39 is 6.10 Å². The molecule has 0 aliphatic carbocycles. The van der Waals surface area contributed by atoms with Gasteiger partial charge in [-0.2, -0.15) is 0 Å². The van der Waals surface area contributed by atoms with Crippen molar-refractivity contribution in [3.8, 4) is 11.5 Å². The predicted molar refractivity (Wildman–Crippen MR) is 88.9 cm³/mol. The van der Waals surface area contributed by atoms with E-state index in [1.807, 2.05) is 24.3 Å². The van der Waals surface area contributed by atoms with E-state index in [1.165, 1.54) is 0 Å². The van der Waals surface area contributed by atoms with Gasteiger partial charge in [0.05, 0.1) is 6.61 Å². The van der Waals surface area contributed by atoms with Crippen LogP contribution in [0.25, 0.3) is 0 Å². The number of esters is 1. The number of rotatable bonds is 7. The van der Waals surface area contributed by atoms with Crippen molar-refractivity contribution >= 4 is 17.6 Å². The maximum absolute atomic E-state index is 11.5. The molecule has 122 valence electrons. The minimum absolute atomic E-state index is 0.341. The second-order valence-corrected chi connectivity index (χ2v) is 5.34. The summed E-state index contributed by atoms with van der Waals surface area (Å²) in [6, 6.07) is 14.6. The number of hydrogen-bond acceptors (Lipinski definition) is 4. The van der Waals surface area contributed by atoms with Crippen molar-refractivity contribution in [2.75, 3.05) is 6.61 Å². The minimum atomic E-state index is -0.633. The highest BCUT2D eigenvalue weighted by molar-refractivity contribution is 6.30. The lowest BCUT2D eigenvalue weighted by atomic mass is 10.2. The Morgan fingerprint density at radius 1 is 1.04 bits per heavy atom. The fourth-order valence-electron chi connectivity index (χ4n) is 1.87. The second-order valence-electron chi connectivity index (χ2n) is 4.90. The molecule has 0 bridgehead atoms. The Balaban J connectivity index is 1.86. The molecule has 0 amide bonds. The first-order valence-corrected chi connectivity index (χ1v) is 7.77. The van der Waals surface area contributed by atoms with Crippen molar-refractivity contribution in [1.29, 1.82) is 0 Å². The fourth-order valence-corrected chi connectivity index (χ4v) is 2.00. The van der Waals surface area contributed by atoms with Crippen LogP contribution in [0.1, 0.15) is 19.4 Å². The van der Waals surface area contributed by atoms with Crippen LogP contribution in [0.2, 0.25) is 5.02 Å². The molecule has 2 aromatic rings. The number of halogens is 1. The van der Waals surface area contributed by atoms with Crippen LogP contribution in [0, 0.1) is 0 Å². The monoisotopic (exact) mass is 334 g/mol. The van der Waals surface area contributed by atoms with Crippen LogP contribution in [0.15, 0.2) is 48.5 Å². The van der Waals surface area contributed by atoms with Crippen LogP contribution in [0.3, 0.4) is 0 Å². The third-order valence-electron chi connectivity index (χ3n) is 3.07. The Bertz CT molecular complexity index is 622. The number of ether oxygens (including phenoxy) is 3. The van der Waals surface area contributed by atoms with Gasteiger partial charge in [-0.3, -0.25) is 0 Å². The van der Waals surface area contributed by atoms with Gasteiger partial charge in [-0.25, -0.2) is 4.79 Å². The molecule has 23 heavy (non-hydrogen) atoms. The third kappa shape index (κ3) is 5.49. The average molecular weight is 335 g/mol. The maximum atomic E-state index is 11.5. The first-order valence-electron chi connectivity index (χ1n) is 7.39. The fraction of sp³-hybridized carbons (Fsp3) is 0.278. The summed E-state index contributed by atoms with van der Waals surface area (Å²) in [4.78, 5) is 11.5. The zero-order chi connectivity index (χ0) is 16.7. The van der Waals surface area contributed by atoms with Crippen LogP contribution in [0.4, 0.5) is 0 Å². The van der Waals surface area contributed by atoms with Crippen LogP contribution in [0.5, 0.6) is 11.5 Å². The molecule has 0 heterocycles. The van der Waals surface area contributed by atoms with E-state index in [0.29, 0.717) is 24.0 Å². The van der Waals surface area contributed by atoms with Gasteiger partial charge in [-0.05, 0) is 55.8 Å². The average Bonchev–Trinajstić information content (AvgIpc) is 2.56. The molecule has 0 saturated heterocycles. The molecule has 0 fully saturated rings. The highest BCUT2D eigenvalue weighted by atomic mass is 35.5. The van der Waals surface area contributed by atoms with E-state index in [4.69, 9.17) is 25.8 Å². The van der Waals surface area contributed by atoms with Crippen LogP contribution in [-0.2, 0) is 16.1 Å². The van der Waals surface area contributed by atoms with Gasteiger partial charge in [-0.1, -0.05) is 23.7 Å². The Labute approximate surface area is 140 Å². The topological polar surface area (TPSA) is 44.8 Å². The van der Waals surface area contributed by atoms with Gasteiger partial charge in [0.15, 0.2) is 6.10 Å². The Morgan fingerprint density at radius 2 is 1.65 bits per heavy atom. The van der Waals surface area contributed by atoms with Crippen molar-refractivity contribution < 1.29 is 19.0 Å². The molecule has 2 aromatic carbocycles. The van der Waals surface area contributed by atoms with Gasteiger partial charge in [0.25, 0.3) is 0 Å². The van der Waals surface area contributed by atoms with E-state index >= 15 is 0 Å². The highest BCUT2D eigenvalue weighted by Crippen LogP contribution is 2.18. The van der Waals surface area contributed by atoms with Gasteiger partial charge in [0.2, 0.25) is 0 Å². The predicted octanol–water partition coefficient (Wildman–Crippen LogP) is 4.25. The second kappa shape index (κ2) is 8.44. The summed E-state index contributed by atoms with van der Waals surface area (Å²) in [7, 11) is 0. The molecular formula is C18H19ClO4. The van der Waals surface area contributed by atoms with E-state index in [9.17, 15) is 4.79 Å². The molecule has 0 radical (unpaired) electrons. The normalized spacial score (nSPS) is 11.6. The summed E-state index contributed by atoms with van der Waals surface area (Å²) >= 11 is 5.83. The standard InChI is InChI=1S/C18H19ClO4/c1-3-21-18(20)13(2)23-17-8-4-14(5-9-17)12-22-16-10-6-15(19)7-11-16/h4-11,13H,3,12H2,1-2H3. The molecule has 0 N–H and O–H groups in total.